The molecular formula is C14H15F3N2O2. The predicted octanol–water partition coefficient (Wildman–Crippen LogP) is 2.34. The van der Waals surface area contributed by atoms with Crippen LogP contribution in [0.4, 0.5) is 18.9 Å². The van der Waals surface area contributed by atoms with E-state index in [1.165, 1.54) is 30.9 Å². The van der Waals surface area contributed by atoms with Gasteiger partial charge in [-0.05, 0) is 32.0 Å². The number of carbonyl (C=O) groups is 2. The molecule has 114 valence electrons. The van der Waals surface area contributed by atoms with Gasteiger partial charge in [-0.2, -0.15) is 13.2 Å². The van der Waals surface area contributed by atoms with Crippen LogP contribution in [0, 0.1) is 0 Å². The van der Waals surface area contributed by atoms with Gasteiger partial charge in [0.15, 0.2) is 0 Å². The Kier molecular flexibility index (Phi) is 3.69. The molecule has 21 heavy (non-hydrogen) atoms. The summed E-state index contributed by atoms with van der Waals surface area (Å²) in [5.41, 5.74) is -1.84. The zero-order chi connectivity index (χ0) is 15.8. The van der Waals surface area contributed by atoms with Crippen molar-refractivity contribution < 1.29 is 22.8 Å². The quantitative estimate of drug-likeness (QED) is 0.865. The third-order valence-corrected chi connectivity index (χ3v) is 3.28. The van der Waals surface area contributed by atoms with Crippen LogP contribution in [0.15, 0.2) is 24.3 Å². The largest absolute Gasteiger partial charge is 0.416 e. The minimum atomic E-state index is -4.48. The molecule has 2 amide bonds. The predicted molar refractivity (Wildman–Crippen MR) is 70.6 cm³/mol. The molecule has 0 radical (unpaired) electrons. The van der Waals surface area contributed by atoms with Crippen molar-refractivity contribution in [2.75, 3.05) is 11.4 Å². The highest BCUT2D eigenvalue weighted by molar-refractivity contribution is 6.03. The average molecular weight is 300 g/mol. The van der Waals surface area contributed by atoms with Gasteiger partial charge >= 0.3 is 6.18 Å². The second-order valence-corrected chi connectivity index (χ2v) is 5.43. The standard InChI is InChI=1S/C14H15F3N2O2/c1-13(2)12(21)19(7-6-11(20)18-13)10-5-3-4-9(8-10)14(15,16)17/h3-5,8H,6-7H2,1-2H3,(H,18,20). The fourth-order valence-corrected chi connectivity index (χ4v) is 2.21. The summed E-state index contributed by atoms with van der Waals surface area (Å²) >= 11 is 0. The third-order valence-electron chi connectivity index (χ3n) is 3.28. The molecule has 1 aliphatic rings. The molecule has 0 aromatic heterocycles. The summed E-state index contributed by atoms with van der Waals surface area (Å²) in [6.07, 6.45) is -4.43. The van der Waals surface area contributed by atoms with Crippen LogP contribution in [0.2, 0.25) is 0 Å². The van der Waals surface area contributed by atoms with Crippen LogP contribution in [0.1, 0.15) is 25.8 Å². The molecule has 0 saturated carbocycles. The highest BCUT2D eigenvalue weighted by atomic mass is 19.4. The lowest BCUT2D eigenvalue weighted by molar-refractivity contribution is -0.137. The van der Waals surface area contributed by atoms with E-state index in [4.69, 9.17) is 0 Å². The molecule has 0 spiro atoms. The minimum Gasteiger partial charge on any atom is -0.342 e. The van der Waals surface area contributed by atoms with Crippen LogP contribution >= 0.6 is 0 Å². The molecule has 1 heterocycles. The van der Waals surface area contributed by atoms with E-state index in [9.17, 15) is 22.8 Å². The SMILES string of the molecule is CC1(C)NC(=O)CCN(c2cccc(C(F)(F)F)c2)C1=O. The summed E-state index contributed by atoms with van der Waals surface area (Å²) in [6.45, 7) is 3.10. The topological polar surface area (TPSA) is 49.4 Å². The van der Waals surface area contributed by atoms with Gasteiger partial charge in [0, 0.05) is 18.7 Å². The van der Waals surface area contributed by atoms with Gasteiger partial charge in [-0.25, -0.2) is 0 Å². The molecule has 0 bridgehead atoms. The first-order valence-corrected chi connectivity index (χ1v) is 6.41. The van der Waals surface area contributed by atoms with E-state index in [0.29, 0.717) is 0 Å². The maximum Gasteiger partial charge on any atom is 0.416 e. The summed E-state index contributed by atoms with van der Waals surface area (Å²) in [5.74, 6) is -0.740. The number of carbonyl (C=O) groups excluding carboxylic acids is 2. The third kappa shape index (κ3) is 3.17. The maximum atomic E-state index is 12.8. The number of hydrogen-bond acceptors (Lipinski definition) is 2. The number of halogens is 3. The zero-order valence-electron chi connectivity index (χ0n) is 11.6. The average Bonchev–Trinajstić information content (AvgIpc) is 2.46. The van der Waals surface area contributed by atoms with E-state index >= 15 is 0 Å². The number of rotatable bonds is 1. The van der Waals surface area contributed by atoms with Crippen molar-refractivity contribution in [3.8, 4) is 0 Å². The molecule has 2 rings (SSSR count). The molecule has 0 atom stereocenters. The summed E-state index contributed by atoms with van der Waals surface area (Å²) in [5, 5.41) is 2.56. The van der Waals surface area contributed by atoms with Crippen molar-refractivity contribution in [3.63, 3.8) is 0 Å². The second-order valence-electron chi connectivity index (χ2n) is 5.43. The Morgan fingerprint density at radius 1 is 1.24 bits per heavy atom. The molecule has 7 heteroatoms. The number of nitrogens with one attached hydrogen (secondary N) is 1. The first-order valence-electron chi connectivity index (χ1n) is 6.41. The van der Waals surface area contributed by atoms with Gasteiger partial charge in [0.05, 0.1) is 5.56 Å². The molecular weight excluding hydrogens is 285 g/mol. The van der Waals surface area contributed by atoms with Crippen LogP contribution in [0.5, 0.6) is 0 Å². The van der Waals surface area contributed by atoms with Gasteiger partial charge < -0.3 is 10.2 Å². The number of alkyl halides is 3. The zero-order valence-corrected chi connectivity index (χ0v) is 11.6. The molecule has 1 N–H and O–H groups in total. The number of nitrogens with zero attached hydrogens (tertiary/aromatic N) is 1. The smallest absolute Gasteiger partial charge is 0.342 e. The first kappa shape index (κ1) is 15.3. The lowest BCUT2D eigenvalue weighted by Crippen LogP contribution is -2.53. The number of anilines is 1. The molecule has 1 saturated heterocycles. The lowest BCUT2D eigenvalue weighted by Gasteiger charge is -2.29. The molecule has 0 unspecified atom stereocenters. The number of amides is 2. The van der Waals surface area contributed by atoms with Gasteiger partial charge in [0.25, 0.3) is 5.91 Å². The van der Waals surface area contributed by atoms with Crippen LogP contribution in [-0.4, -0.2) is 23.9 Å². The van der Waals surface area contributed by atoms with Gasteiger partial charge in [0.1, 0.15) is 5.54 Å². The van der Waals surface area contributed by atoms with Gasteiger partial charge in [-0.15, -0.1) is 0 Å². The lowest BCUT2D eigenvalue weighted by atomic mass is 10.0. The van der Waals surface area contributed by atoms with Crippen LogP contribution in [0.25, 0.3) is 0 Å². The van der Waals surface area contributed by atoms with Crippen molar-refractivity contribution in [1.82, 2.24) is 5.32 Å². The van der Waals surface area contributed by atoms with Gasteiger partial charge in [-0.1, -0.05) is 6.07 Å². The van der Waals surface area contributed by atoms with E-state index < -0.39 is 23.2 Å². The van der Waals surface area contributed by atoms with Crippen molar-refractivity contribution >= 4 is 17.5 Å². The Balaban J connectivity index is 2.40. The molecule has 4 nitrogen and oxygen atoms in total. The van der Waals surface area contributed by atoms with E-state index in [0.717, 1.165) is 12.1 Å². The van der Waals surface area contributed by atoms with E-state index in [2.05, 4.69) is 5.32 Å². The first-order chi connectivity index (χ1) is 9.61. The molecule has 1 aromatic carbocycles. The fraction of sp³-hybridized carbons (Fsp3) is 0.429. The van der Waals surface area contributed by atoms with Crippen molar-refractivity contribution in [2.45, 2.75) is 32.0 Å². The minimum absolute atomic E-state index is 0.0470. The molecule has 1 aromatic rings. The second kappa shape index (κ2) is 5.05. The summed E-state index contributed by atoms with van der Waals surface area (Å²) in [4.78, 5) is 25.2. The fourth-order valence-electron chi connectivity index (χ4n) is 2.21. The normalized spacial score (nSPS) is 19.2. The van der Waals surface area contributed by atoms with E-state index in [1.54, 1.807) is 0 Å². The highest BCUT2D eigenvalue weighted by Crippen LogP contribution is 2.32. The van der Waals surface area contributed by atoms with Crippen molar-refractivity contribution in [3.05, 3.63) is 29.8 Å². The van der Waals surface area contributed by atoms with Crippen LogP contribution in [0.3, 0.4) is 0 Å². The molecule has 1 aliphatic heterocycles. The Hall–Kier alpha value is -2.05. The molecule has 1 fully saturated rings. The van der Waals surface area contributed by atoms with Crippen molar-refractivity contribution in [2.24, 2.45) is 0 Å². The summed E-state index contributed by atoms with van der Waals surface area (Å²) in [7, 11) is 0. The summed E-state index contributed by atoms with van der Waals surface area (Å²) in [6, 6.07) is 4.54. The van der Waals surface area contributed by atoms with E-state index in [-0.39, 0.29) is 24.6 Å². The van der Waals surface area contributed by atoms with Gasteiger partial charge in [0.2, 0.25) is 5.91 Å². The Morgan fingerprint density at radius 3 is 2.52 bits per heavy atom. The maximum absolute atomic E-state index is 12.8. The monoisotopic (exact) mass is 300 g/mol. The number of benzene rings is 1. The van der Waals surface area contributed by atoms with Gasteiger partial charge in [-0.3, -0.25) is 9.59 Å². The Bertz CT molecular complexity index is 582. The molecule has 0 aliphatic carbocycles. The van der Waals surface area contributed by atoms with Crippen molar-refractivity contribution in [1.29, 1.82) is 0 Å². The Labute approximate surface area is 119 Å². The summed E-state index contributed by atoms with van der Waals surface area (Å²) < 4.78 is 38.3. The highest BCUT2D eigenvalue weighted by Gasteiger charge is 2.38. The Morgan fingerprint density at radius 2 is 1.90 bits per heavy atom. The van der Waals surface area contributed by atoms with Crippen LogP contribution < -0.4 is 10.2 Å². The number of hydrogen-bond donors (Lipinski definition) is 1. The van der Waals surface area contributed by atoms with E-state index in [1.807, 2.05) is 0 Å². The van der Waals surface area contributed by atoms with Crippen LogP contribution in [-0.2, 0) is 15.8 Å².